The maximum atomic E-state index is 10.1. The number of rotatable bonds is 2. The van der Waals surface area contributed by atoms with Crippen LogP contribution >= 0.6 is 0 Å². The van der Waals surface area contributed by atoms with Crippen molar-refractivity contribution in [1.29, 1.82) is 0 Å². The Balaban J connectivity index is 2.71. The number of carbonyl (C=O) groups is 1. The van der Waals surface area contributed by atoms with E-state index in [-0.39, 0.29) is 0 Å². The summed E-state index contributed by atoms with van der Waals surface area (Å²) in [6, 6.07) is 9.38. The first-order chi connectivity index (χ1) is 6.18. The summed E-state index contributed by atoms with van der Waals surface area (Å²) in [4.78, 5) is 10.1. The Labute approximate surface area is 76.3 Å². The molecule has 0 aliphatic heterocycles. The number of hydrogen-bond donors (Lipinski definition) is 1. The Kier molecular flexibility index (Phi) is 3.09. The van der Waals surface area contributed by atoms with Crippen LogP contribution in [0.1, 0.15) is 12.5 Å². The minimum Gasteiger partial charge on any atom is -0.449 e. The van der Waals surface area contributed by atoms with E-state index in [0.717, 1.165) is 5.56 Å². The van der Waals surface area contributed by atoms with Gasteiger partial charge in [0.2, 0.25) is 0 Å². The first kappa shape index (κ1) is 9.32. The maximum absolute atomic E-state index is 10.1. The lowest BCUT2D eigenvalue weighted by Crippen LogP contribution is -1.96. The third-order valence-electron chi connectivity index (χ3n) is 1.42. The van der Waals surface area contributed by atoms with E-state index in [0.29, 0.717) is 5.76 Å². The first-order valence-electron chi connectivity index (χ1n) is 3.82. The molecule has 0 bridgehead atoms. The standard InChI is InChI=1S/C10H10O3/c1-8(13-10(11)12)7-9-5-3-2-4-6-9/h2-7H,1H3,(H,11,12). The van der Waals surface area contributed by atoms with Crippen LogP contribution < -0.4 is 0 Å². The minimum atomic E-state index is -1.29. The molecule has 0 aliphatic carbocycles. The van der Waals surface area contributed by atoms with Gasteiger partial charge in [-0.3, -0.25) is 0 Å². The van der Waals surface area contributed by atoms with Crippen LogP contribution in [0.5, 0.6) is 0 Å². The predicted octanol–water partition coefficient (Wildman–Crippen LogP) is 2.74. The van der Waals surface area contributed by atoms with Crippen molar-refractivity contribution in [3.8, 4) is 0 Å². The first-order valence-corrected chi connectivity index (χ1v) is 3.82. The van der Waals surface area contributed by atoms with Gasteiger partial charge >= 0.3 is 6.16 Å². The third kappa shape index (κ3) is 3.42. The lowest BCUT2D eigenvalue weighted by molar-refractivity contribution is 0.120. The fourth-order valence-corrected chi connectivity index (χ4v) is 0.951. The summed E-state index contributed by atoms with van der Waals surface area (Å²) in [5.41, 5.74) is 0.918. The van der Waals surface area contributed by atoms with Gasteiger partial charge in [0.05, 0.1) is 0 Å². The van der Waals surface area contributed by atoms with Crippen LogP contribution in [0.2, 0.25) is 0 Å². The van der Waals surface area contributed by atoms with Crippen molar-refractivity contribution in [1.82, 2.24) is 0 Å². The van der Waals surface area contributed by atoms with Crippen LogP contribution in [0.15, 0.2) is 36.1 Å². The second-order valence-corrected chi connectivity index (χ2v) is 2.53. The summed E-state index contributed by atoms with van der Waals surface area (Å²) in [6.07, 6.45) is 0.374. The molecular weight excluding hydrogens is 168 g/mol. The van der Waals surface area contributed by atoms with E-state index in [1.165, 1.54) is 0 Å². The van der Waals surface area contributed by atoms with Crippen LogP contribution in [-0.4, -0.2) is 11.3 Å². The monoisotopic (exact) mass is 178 g/mol. The summed E-state index contributed by atoms with van der Waals surface area (Å²) in [7, 11) is 0. The number of hydrogen-bond acceptors (Lipinski definition) is 2. The second kappa shape index (κ2) is 4.30. The quantitative estimate of drug-likeness (QED) is 0.559. The average molecular weight is 178 g/mol. The van der Waals surface area contributed by atoms with Gasteiger partial charge in [0.1, 0.15) is 5.76 Å². The highest BCUT2D eigenvalue weighted by Gasteiger charge is 1.97. The zero-order valence-electron chi connectivity index (χ0n) is 7.23. The molecule has 1 aromatic rings. The van der Waals surface area contributed by atoms with Crippen molar-refractivity contribution < 1.29 is 14.6 Å². The molecule has 68 valence electrons. The van der Waals surface area contributed by atoms with E-state index < -0.39 is 6.16 Å². The number of ether oxygens (including phenoxy) is 1. The smallest absolute Gasteiger partial charge is 0.449 e. The van der Waals surface area contributed by atoms with E-state index in [4.69, 9.17) is 5.11 Å². The van der Waals surface area contributed by atoms with E-state index in [2.05, 4.69) is 4.74 Å². The molecule has 1 aromatic carbocycles. The summed E-state index contributed by atoms with van der Waals surface area (Å²) >= 11 is 0. The van der Waals surface area contributed by atoms with Gasteiger partial charge in [-0.05, 0) is 18.6 Å². The largest absolute Gasteiger partial charge is 0.511 e. The molecule has 3 heteroatoms. The van der Waals surface area contributed by atoms with E-state index in [9.17, 15) is 4.79 Å². The normalized spacial score (nSPS) is 11.0. The molecule has 0 spiro atoms. The van der Waals surface area contributed by atoms with Crippen LogP contribution in [0.3, 0.4) is 0 Å². The molecule has 13 heavy (non-hydrogen) atoms. The van der Waals surface area contributed by atoms with Gasteiger partial charge in [-0.1, -0.05) is 30.3 Å². The molecule has 0 amide bonds. The average Bonchev–Trinajstić information content (AvgIpc) is 2.04. The van der Waals surface area contributed by atoms with Gasteiger partial charge in [-0.15, -0.1) is 0 Å². The van der Waals surface area contributed by atoms with Crippen molar-refractivity contribution in [2.45, 2.75) is 6.92 Å². The van der Waals surface area contributed by atoms with Crippen LogP contribution in [0.4, 0.5) is 4.79 Å². The number of allylic oxidation sites excluding steroid dienone is 1. The van der Waals surface area contributed by atoms with Crippen molar-refractivity contribution in [2.24, 2.45) is 0 Å². The fourth-order valence-electron chi connectivity index (χ4n) is 0.951. The Hall–Kier alpha value is -1.77. The Bertz CT molecular complexity index is 314. The van der Waals surface area contributed by atoms with Gasteiger partial charge < -0.3 is 9.84 Å². The molecule has 1 N–H and O–H groups in total. The molecule has 0 radical (unpaired) electrons. The Morgan fingerprint density at radius 2 is 2.00 bits per heavy atom. The fraction of sp³-hybridized carbons (Fsp3) is 0.100. The second-order valence-electron chi connectivity index (χ2n) is 2.53. The van der Waals surface area contributed by atoms with Crippen molar-refractivity contribution in [2.75, 3.05) is 0 Å². The van der Waals surface area contributed by atoms with Crippen LogP contribution in [-0.2, 0) is 4.74 Å². The van der Waals surface area contributed by atoms with E-state index in [1.807, 2.05) is 30.3 Å². The molecule has 0 saturated heterocycles. The molecule has 0 heterocycles. The van der Waals surface area contributed by atoms with Gasteiger partial charge in [-0.25, -0.2) is 4.79 Å². The molecule has 0 atom stereocenters. The molecule has 0 aromatic heterocycles. The molecule has 0 saturated carbocycles. The highest BCUT2D eigenvalue weighted by Crippen LogP contribution is 2.06. The Morgan fingerprint density at radius 3 is 2.54 bits per heavy atom. The molecule has 0 aliphatic rings. The minimum absolute atomic E-state index is 0.360. The molecule has 1 rings (SSSR count). The predicted molar refractivity (Wildman–Crippen MR) is 49.2 cm³/mol. The Morgan fingerprint density at radius 1 is 1.38 bits per heavy atom. The number of benzene rings is 1. The molecule has 0 unspecified atom stereocenters. The van der Waals surface area contributed by atoms with Crippen LogP contribution in [0.25, 0.3) is 6.08 Å². The number of carboxylic acid groups (broad SMARTS) is 1. The third-order valence-corrected chi connectivity index (χ3v) is 1.42. The lowest BCUT2D eigenvalue weighted by atomic mass is 10.2. The summed E-state index contributed by atoms with van der Waals surface area (Å²) in [5, 5.41) is 8.30. The van der Waals surface area contributed by atoms with Crippen molar-refractivity contribution in [3.63, 3.8) is 0 Å². The zero-order chi connectivity index (χ0) is 9.68. The van der Waals surface area contributed by atoms with Gasteiger partial charge in [-0.2, -0.15) is 0 Å². The summed E-state index contributed by atoms with van der Waals surface area (Å²) in [6.45, 7) is 1.60. The lowest BCUT2D eigenvalue weighted by Gasteiger charge is -1.98. The molecule has 3 nitrogen and oxygen atoms in total. The van der Waals surface area contributed by atoms with Gasteiger partial charge in [0.15, 0.2) is 0 Å². The molecule has 0 fully saturated rings. The maximum Gasteiger partial charge on any atom is 0.511 e. The van der Waals surface area contributed by atoms with Gasteiger partial charge in [0.25, 0.3) is 0 Å². The van der Waals surface area contributed by atoms with Crippen molar-refractivity contribution >= 4 is 12.2 Å². The summed E-state index contributed by atoms with van der Waals surface area (Å²) < 4.78 is 4.43. The van der Waals surface area contributed by atoms with Crippen LogP contribution in [0, 0.1) is 0 Å². The highest BCUT2D eigenvalue weighted by molar-refractivity contribution is 5.61. The topological polar surface area (TPSA) is 46.5 Å². The van der Waals surface area contributed by atoms with Gasteiger partial charge in [0, 0.05) is 0 Å². The van der Waals surface area contributed by atoms with E-state index >= 15 is 0 Å². The molecular formula is C10H10O3. The van der Waals surface area contributed by atoms with Crippen molar-refractivity contribution in [3.05, 3.63) is 41.7 Å². The SMILES string of the molecule is CC(=Cc1ccccc1)OC(=O)O. The zero-order valence-corrected chi connectivity index (χ0v) is 7.23. The highest BCUT2D eigenvalue weighted by atomic mass is 16.7. The summed E-state index contributed by atoms with van der Waals surface area (Å²) in [5.74, 6) is 0.360. The van der Waals surface area contributed by atoms with E-state index in [1.54, 1.807) is 13.0 Å².